The van der Waals surface area contributed by atoms with E-state index in [-0.39, 0.29) is 6.10 Å². The molecule has 0 spiro atoms. The zero-order valence-corrected chi connectivity index (χ0v) is 9.80. The summed E-state index contributed by atoms with van der Waals surface area (Å²) in [6.07, 6.45) is 0.282. The molecule has 1 aromatic rings. The molecule has 0 saturated carbocycles. The lowest BCUT2D eigenvalue weighted by Crippen LogP contribution is -2.39. The molecule has 0 aromatic heterocycles. The molecule has 1 aliphatic rings. The van der Waals surface area contributed by atoms with Gasteiger partial charge in [-0.05, 0) is 18.2 Å². The molecule has 0 aliphatic carbocycles. The molecule has 1 aliphatic heterocycles. The highest BCUT2D eigenvalue weighted by Gasteiger charge is 2.13. The second-order valence-electron chi connectivity index (χ2n) is 3.65. The fourth-order valence-electron chi connectivity index (χ4n) is 1.57. The smallest absolute Gasteiger partial charge is 0.0992 e. The summed E-state index contributed by atoms with van der Waals surface area (Å²) < 4.78 is 5.61. The molecule has 0 bridgehead atoms. The zero-order chi connectivity index (χ0) is 11.2. The lowest BCUT2D eigenvalue weighted by Gasteiger charge is -2.23. The van der Waals surface area contributed by atoms with Crippen LogP contribution in [0.5, 0.6) is 0 Å². The third-order valence-corrected chi connectivity index (χ3v) is 3.53. The van der Waals surface area contributed by atoms with Crippen molar-refractivity contribution in [2.24, 2.45) is 0 Å². The van der Waals surface area contributed by atoms with Gasteiger partial charge in [-0.15, -0.1) is 11.8 Å². The number of nitrogens with one attached hydrogen (secondary N) is 1. The van der Waals surface area contributed by atoms with Crippen LogP contribution in [0.3, 0.4) is 0 Å². The van der Waals surface area contributed by atoms with Gasteiger partial charge in [0, 0.05) is 23.7 Å². The Balaban J connectivity index is 1.86. The Kier molecular flexibility index (Phi) is 4.23. The summed E-state index contributed by atoms with van der Waals surface area (Å²) in [7, 11) is 0. The van der Waals surface area contributed by atoms with Gasteiger partial charge in [-0.2, -0.15) is 5.26 Å². The van der Waals surface area contributed by atoms with Crippen LogP contribution in [-0.2, 0) is 4.74 Å². The SMILES string of the molecule is N#Cc1cccc(SC[C@@H]2CNCCO2)c1. The van der Waals surface area contributed by atoms with Gasteiger partial charge >= 0.3 is 0 Å². The summed E-state index contributed by atoms with van der Waals surface area (Å²) in [5.41, 5.74) is 0.715. The molecular formula is C12H14N2OS. The molecule has 1 fully saturated rings. The van der Waals surface area contributed by atoms with Crippen LogP contribution < -0.4 is 5.32 Å². The highest BCUT2D eigenvalue weighted by atomic mass is 32.2. The van der Waals surface area contributed by atoms with E-state index in [2.05, 4.69) is 11.4 Å². The van der Waals surface area contributed by atoms with Gasteiger partial charge in [0.15, 0.2) is 0 Å². The van der Waals surface area contributed by atoms with Crippen LogP contribution >= 0.6 is 11.8 Å². The lowest BCUT2D eigenvalue weighted by atomic mass is 10.2. The molecule has 1 aromatic carbocycles. The quantitative estimate of drug-likeness (QED) is 0.808. The first-order valence-electron chi connectivity index (χ1n) is 5.34. The van der Waals surface area contributed by atoms with E-state index in [1.807, 2.05) is 24.3 Å². The summed E-state index contributed by atoms with van der Waals surface area (Å²) in [5, 5.41) is 12.1. The Labute approximate surface area is 99.8 Å². The number of hydrogen-bond acceptors (Lipinski definition) is 4. The number of nitriles is 1. The molecule has 1 saturated heterocycles. The molecule has 2 rings (SSSR count). The maximum atomic E-state index is 8.79. The highest BCUT2D eigenvalue weighted by molar-refractivity contribution is 7.99. The van der Waals surface area contributed by atoms with Crippen LogP contribution in [0, 0.1) is 11.3 Å². The van der Waals surface area contributed by atoms with Crippen molar-refractivity contribution in [3.63, 3.8) is 0 Å². The lowest BCUT2D eigenvalue weighted by molar-refractivity contribution is 0.0441. The van der Waals surface area contributed by atoms with Crippen molar-refractivity contribution >= 4 is 11.8 Å². The van der Waals surface area contributed by atoms with Gasteiger partial charge in [0.2, 0.25) is 0 Å². The monoisotopic (exact) mass is 234 g/mol. The molecule has 1 heterocycles. The van der Waals surface area contributed by atoms with E-state index in [1.54, 1.807) is 11.8 Å². The molecule has 0 amide bonds. The minimum absolute atomic E-state index is 0.282. The van der Waals surface area contributed by atoms with Gasteiger partial charge in [-0.1, -0.05) is 6.07 Å². The van der Waals surface area contributed by atoms with Crippen LogP contribution in [0.25, 0.3) is 0 Å². The zero-order valence-electron chi connectivity index (χ0n) is 8.98. The molecule has 1 atom stereocenters. The van der Waals surface area contributed by atoms with Crippen molar-refractivity contribution < 1.29 is 4.74 Å². The van der Waals surface area contributed by atoms with E-state index in [1.165, 1.54) is 0 Å². The number of morpholine rings is 1. The Morgan fingerprint density at radius 2 is 2.50 bits per heavy atom. The van der Waals surface area contributed by atoms with Gasteiger partial charge in [-0.25, -0.2) is 0 Å². The van der Waals surface area contributed by atoms with Gasteiger partial charge in [0.1, 0.15) is 0 Å². The van der Waals surface area contributed by atoms with Crippen molar-refractivity contribution in [3.8, 4) is 6.07 Å². The Morgan fingerprint density at radius 1 is 1.56 bits per heavy atom. The van der Waals surface area contributed by atoms with Gasteiger partial charge in [0.05, 0.1) is 24.3 Å². The second-order valence-corrected chi connectivity index (χ2v) is 4.74. The van der Waals surface area contributed by atoms with Crippen LogP contribution in [0.15, 0.2) is 29.2 Å². The van der Waals surface area contributed by atoms with E-state index in [9.17, 15) is 0 Å². The van der Waals surface area contributed by atoms with Crippen LogP contribution in [0.2, 0.25) is 0 Å². The molecule has 0 unspecified atom stereocenters. The molecule has 84 valence electrons. The molecule has 16 heavy (non-hydrogen) atoms. The van der Waals surface area contributed by atoms with Crippen molar-refractivity contribution in [2.75, 3.05) is 25.4 Å². The first-order chi connectivity index (χ1) is 7.88. The Morgan fingerprint density at radius 3 is 3.25 bits per heavy atom. The number of rotatable bonds is 3. The maximum Gasteiger partial charge on any atom is 0.0992 e. The van der Waals surface area contributed by atoms with E-state index < -0.39 is 0 Å². The summed E-state index contributed by atoms with van der Waals surface area (Å²) in [6, 6.07) is 9.84. The van der Waals surface area contributed by atoms with Gasteiger partial charge in [-0.3, -0.25) is 0 Å². The minimum atomic E-state index is 0.282. The molecule has 4 heteroatoms. The van der Waals surface area contributed by atoms with Gasteiger partial charge < -0.3 is 10.1 Å². The van der Waals surface area contributed by atoms with E-state index in [0.717, 1.165) is 30.3 Å². The minimum Gasteiger partial charge on any atom is -0.375 e. The largest absolute Gasteiger partial charge is 0.375 e. The van der Waals surface area contributed by atoms with E-state index in [0.29, 0.717) is 5.56 Å². The highest BCUT2D eigenvalue weighted by Crippen LogP contribution is 2.20. The average Bonchev–Trinajstić information content (AvgIpc) is 2.38. The van der Waals surface area contributed by atoms with Crippen molar-refractivity contribution in [2.45, 2.75) is 11.0 Å². The summed E-state index contributed by atoms with van der Waals surface area (Å²) in [4.78, 5) is 1.13. The molecule has 1 N–H and O–H groups in total. The third-order valence-electron chi connectivity index (χ3n) is 2.40. The summed E-state index contributed by atoms with van der Waals surface area (Å²) in [6.45, 7) is 2.67. The van der Waals surface area contributed by atoms with Gasteiger partial charge in [0.25, 0.3) is 0 Å². The summed E-state index contributed by atoms with van der Waals surface area (Å²) in [5.74, 6) is 0.932. The number of ether oxygens (including phenoxy) is 1. The van der Waals surface area contributed by atoms with Crippen LogP contribution in [0.1, 0.15) is 5.56 Å². The fourth-order valence-corrected chi connectivity index (χ4v) is 2.55. The van der Waals surface area contributed by atoms with E-state index >= 15 is 0 Å². The fraction of sp³-hybridized carbons (Fsp3) is 0.417. The normalized spacial score (nSPS) is 20.3. The molecule has 3 nitrogen and oxygen atoms in total. The average molecular weight is 234 g/mol. The number of benzene rings is 1. The predicted octanol–water partition coefficient (Wildman–Crippen LogP) is 1.64. The predicted molar refractivity (Wildman–Crippen MR) is 64.5 cm³/mol. The standard InChI is InChI=1S/C12H14N2OS/c13-7-10-2-1-3-12(6-10)16-9-11-8-14-4-5-15-11/h1-3,6,11,14H,4-5,8-9H2/t11-/m0/s1. The van der Waals surface area contributed by atoms with E-state index in [4.69, 9.17) is 10.00 Å². The number of nitrogens with zero attached hydrogens (tertiary/aromatic N) is 1. The first-order valence-corrected chi connectivity index (χ1v) is 6.32. The van der Waals surface area contributed by atoms with Crippen LogP contribution in [0.4, 0.5) is 0 Å². The van der Waals surface area contributed by atoms with Crippen LogP contribution in [-0.4, -0.2) is 31.6 Å². The Bertz CT molecular complexity index is 383. The topological polar surface area (TPSA) is 45.0 Å². The Hall–Kier alpha value is -1.02. The number of thioether (sulfide) groups is 1. The van der Waals surface area contributed by atoms with Crippen molar-refractivity contribution in [1.82, 2.24) is 5.32 Å². The maximum absolute atomic E-state index is 8.79. The second kappa shape index (κ2) is 5.90. The van der Waals surface area contributed by atoms with Crippen molar-refractivity contribution in [1.29, 1.82) is 5.26 Å². The summed E-state index contributed by atoms with van der Waals surface area (Å²) >= 11 is 1.74. The molecular weight excluding hydrogens is 220 g/mol. The van der Waals surface area contributed by atoms with Crippen molar-refractivity contribution in [3.05, 3.63) is 29.8 Å². The number of hydrogen-bond donors (Lipinski definition) is 1. The third kappa shape index (κ3) is 3.24. The first kappa shape index (κ1) is 11.5. The molecule has 0 radical (unpaired) electrons.